The first-order chi connectivity index (χ1) is 15.6. The first kappa shape index (κ1) is 20.8. The smallest absolute Gasteiger partial charge is 0.321 e. The van der Waals surface area contributed by atoms with Crippen molar-refractivity contribution in [2.24, 2.45) is 0 Å². The van der Waals surface area contributed by atoms with E-state index in [-0.39, 0.29) is 0 Å². The van der Waals surface area contributed by atoms with Crippen LogP contribution in [0.4, 0.5) is 11.4 Å². The molecule has 0 radical (unpaired) electrons. The summed E-state index contributed by atoms with van der Waals surface area (Å²) < 4.78 is 36.5. The van der Waals surface area contributed by atoms with Gasteiger partial charge in [-0.2, -0.15) is 8.42 Å². The molecule has 1 aromatic heterocycles. The van der Waals surface area contributed by atoms with Crippen molar-refractivity contribution < 1.29 is 13.2 Å². The number of aromatic amines is 1. The summed E-state index contributed by atoms with van der Waals surface area (Å²) in [7, 11) is -3.81. The number of hydrogen-bond acceptors (Lipinski definition) is 4. The number of rotatable bonds is 7. The first-order valence-corrected chi connectivity index (χ1v) is 12.2. The number of benzene rings is 3. The first-order valence-electron chi connectivity index (χ1n) is 10.8. The van der Waals surface area contributed by atoms with Gasteiger partial charge in [0, 0.05) is 42.1 Å². The Kier molecular flexibility index (Phi) is 5.73. The molecule has 1 saturated heterocycles. The summed E-state index contributed by atoms with van der Waals surface area (Å²) in [4.78, 5) is 5.68. The Morgan fingerprint density at radius 1 is 0.938 bits per heavy atom. The SMILES string of the molecule is O=S(=O)(Nc1ccc2[nH]cc(CCN3CCOCC3)c2c1)Nc1cccc2ccccc12. The van der Waals surface area contributed by atoms with E-state index in [2.05, 4.69) is 19.3 Å². The summed E-state index contributed by atoms with van der Waals surface area (Å²) >= 11 is 0. The predicted molar refractivity (Wildman–Crippen MR) is 129 cm³/mol. The number of nitrogens with zero attached hydrogens (tertiary/aromatic N) is 1. The number of H-pyrrole nitrogens is 1. The molecule has 0 unspecified atom stereocenters. The minimum atomic E-state index is -3.81. The third-order valence-electron chi connectivity index (χ3n) is 5.85. The summed E-state index contributed by atoms with van der Waals surface area (Å²) in [5, 5.41) is 2.86. The molecule has 1 fully saturated rings. The zero-order chi connectivity index (χ0) is 22.0. The van der Waals surface area contributed by atoms with Crippen molar-refractivity contribution in [3.05, 3.63) is 72.4 Å². The minimum absolute atomic E-state index is 0.525. The number of hydrogen-bond donors (Lipinski definition) is 3. The van der Waals surface area contributed by atoms with Gasteiger partial charge in [-0.1, -0.05) is 36.4 Å². The maximum atomic E-state index is 12.9. The summed E-state index contributed by atoms with van der Waals surface area (Å²) in [6.45, 7) is 4.42. The third kappa shape index (κ3) is 4.57. The molecule has 1 aliphatic heterocycles. The molecule has 3 N–H and O–H groups in total. The number of anilines is 2. The molecule has 0 spiro atoms. The van der Waals surface area contributed by atoms with Crippen LogP contribution in [0.1, 0.15) is 5.56 Å². The number of morpholine rings is 1. The summed E-state index contributed by atoms with van der Waals surface area (Å²) in [5.41, 5.74) is 3.24. The molecule has 32 heavy (non-hydrogen) atoms. The number of ether oxygens (including phenoxy) is 1. The molecular weight excluding hydrogens is 424 g/mol. The van der Waals surface area contributed by atoms with E-state index in [1.165, 1.54) is 5.56 Å². The highest BCUT2D eigenvalue weighted by Crippen LogP contribution is 2.26. The van der Waals surface area contributed by atoms with Gasteiger partial charge in [-0.15, -0.1) is 0 Å². The molecule has 7 nitrogen and oxygen atoms in total. The van der Waals surface area contributed by atoms with Crippen molar-refractivity contribution in [2.45, 2.75) is 6.42 Å². The summed E-state index contributed by atoms with van der Waals surface area (Å²) in [6.07, 6.45) is 2.90. The highest BCUT2D eigenvalue weighted by molar-refractivity contribution is 7.94. The van der Waals surface area contributed by atoms with E-state index in [0.717, 1.165) is 60.9 Å². The van der Waals surface area contributed by atoms with Crippen LogP contribution in [0.2, 0.25) is 0 Å². The molecule has 0 saturated carbocycles. The van der Waals surface area contributed by atoms with E-state index in [1.807, 2.05) is 54.7 Å². The van der Waals surface area contributed by atoms with E-state index in [0.29, 0.717) is 11.4 Å². The van der Waals surface area contributed by atoms with Gasteiger partial charge in [-0.05, 0) is 41.6 Å². The maximum absolute atomic E-state index is 12.9. The Morgan fingerprint density at radius 2 is 1.75 bits per heavy atom. The van der Waals surface area contributed by atoms with Crippen molar-refractivity contribution in [3.8, 4) is 0 Å². The standard InChI is InChI=1S/C24H26N4O3S/c29-32(30,27-24-7-3-5-18-4-1-2-6-21(18)24)26-20-8-9-23-22(16-20)19(17-25-23)10-11-28-12-14-31-15-13-28/h1-9,16-17,25-27H,10-15H2. The van der Waals surface area contributed by atoms with Gasteiger partial charge in [0.1, 0.15) is 0 Å². The molecule has 0 bridgehead atoms. The normalized spacial score (nSPS) is 15.2. The lowest BCUT2D eigenvalue weighted by Gasteiger charge is -2.26. The monoisotopic (exact) mass is 450 g/mol. The van der Waals surface area contributed by atoms with Crippen LogP contribution < -0.4 is 9.44 Å². The lowest BCUT2D eigenvalue weighted by molar-refractivity contribution is 0.0385. The fourth-order valence-corrected chi connectivity index (χ4v) is 5.15. The van der Waals surface area contributed by atoms with Crippen LogP contribution in [0.3, 0.4) is 0 Å². The van der Waals surface area contributed by atoms with Gasteiger partial charge in [0.2, 0.25) is 0 Å². The quantitative estimate of drug-likeness (QED) is 0.398. The topological polar surface area (TPSA) is 86.5 Å². The fraction of sp³-hybridized carbons (Fsp3) is 0.250. The fourth-order valence-electron chi connectivity index (χ4n) is 4.19. The molecule has 5 rings (SSSR count). The predicted octanol–water partition coefficient (Wildman–Crippen LogP) is 3.96. The molecule has 166 valence electrons. The average molecular weight is 451 g/mol. The Hall–Kier alpha value is -3.07. The Labute approximate surface area is 187 Å². The molecule has 2 heterocycles. The molecule has 0 amide bonds. The van der Waals surface area contributed by atoms with Crippen LogP contribution in [-0.2, 0) is 21.4 Å². The molecular formula is C24H26N4O3S. The summed E-state index contributed by atoms with van der Waals surface area (Å²) in [5.74, 6) is 0. The lowest BCUT2D eigenvalue weighted by atomic mass is 10.1. The van der Waals surface area contributed by atoms with Gasteiger partial charge in [0.15, 0.2) is 0 Å². The van der Waals surface area contributed by atoms with E-state index < -0.39 is 10.2 Å². The van der Waals surface area contributed by atoms with Gasteiger partial charge in [0.25, 0.3) is 0 Å². The second-order valence-electron chi connectivity index (χ2n) is 8.01. The van der Waals surface area contributed by atoms with Crippen LogP contribution in [0.25, 0.3) is 21.7 Å². The number of aromatic nitrogens is 1. The Morgan fingerprint density at radius 3 is 2.62 bits per heavy atom. The van der Waals surface area contributed by atoms with Crippen LogP contribution in [0.15, 0.2) is 66.9 Å². The van der Waals surface area contributed by atoms with E-state index in [4.69, 9.17) is 4.74 Å². The maximum Gasteiger partial charge on any atom is 0.321 e. The number of nitrogens with one attached hydrogen (secondary N) is 3. The van der Waals surface area contributed by atoms with Crippen LogP contribution in [-0.4, -0.2) is 51.1 Å². The van der Waals surface area contributed by atoms with Crippen LogP contribution in [0, 0.1) is 0 Å². The average Bonchev–Trinajstić information content (AvgIpc) is 3.20. The summed E-state index contributed by atoms with van der Waals surface area (Å²) in [6, 6.07) is 18.8. The van der Waals surface area contributed by atoms with Crippen molar-refractivity contribution in [2.75, 3.05) is 42.3 Å². The van der Waals surface area contributed by atoms with Gasteiger partial charge < -0.3 is 9.72 Å². The molecule has 3 aromatic carbocycles. The van der Waals surface area contributed by atoms with Gasteiger partial charge >= 0.3 is 10.2 Å². The van der Waals surface area contributed by atoms with E-state index in [1.54, 1.807) is 12.1 Å². The molecule has 0 atom stereocenters. The highest BCUT2D eigenvalue weighted by Gasteiger charge is 2.15. The molecule has 1 aliphatic rings. The van der Waals surface area contributed by atoms with Crippen molar-refractivity contribution in [1.29, 1.82) is 0 Å². The molecule has 0 aliphatic carbocycles. The molecule has 4 aromatic rings. The van der Waals surface area contributed by atoms with E-state index >= 15 is 0 Å². The van der Waals surface area contributed by atoms with Crippen LogP contribution >= 0.6 is 0 Å². The second kappa shape index (κ2) is 8.82. The van der Waals surface area contributed by atoms with Crippen molar-refractivity contribution in [3.63, 3.8) is 0 Å². The third-order valence-corrected chi connectivity index (χ3v) is 6.85. The minimum Gasteiger partial charge on any atom is -0.379 e. The van der Waals surface area contributed by atoms with Crippen molar-refractivity contribution in [1.82, 2.24) is 9.88 Å². The van der Waals surface area contributed by atoms with E-state index in [9.17, 15) is 8.42 Å². The van der Waals surface area contributed by atoms with Crippen LogP contribution in [0.5, 0.6) is 0 Å². The molecule has 8 heteroatoms. The Bertz CT molecular complexity index is 1340. The van der Waals surface area contributed by atoms with Gasteiger partial charge in [0.05, 0.1) is 24.6 Å². The second-order valence-corrected chi connectivity index (χ2v) is 9.43. The largest absolute Gasteiger partial charge is 0.379 e. The van der Waals surface area contributed by atoms with Gasteiger partial charge in [-0.25, -0.2) is 0 Å². The van der Waals surface area contributed by atoms with Gasteiger partial charge in [-0.3, -0.25) is 14.3 Å². The van der Waals surface area contributed by atoms with Crippen molar-refractivity contribution >= 4 is 43.3 Å². The zero-order valence-electron chi connectivity index (χ0n) is 17.7. The Balaban J connectivity index is 1.33. The highest BCUT2D eigenvalue weighted by atomic mass is 32.2. The number of fused-ring (bicyclic) bond motifs is 2. The zero-order valence-corrected chi connectivity index (χ0v) is 18.5. The lowest BCUT2D eigenvalue weighted by Crippen LogP contribution is -2.37.